The fourth-order valence-corrected chi connectivity index (χ4v) is 3.79. The van der Waals surface area contributed by atoms with Gasteiger partial charge in [-0.15, -0.1) is 0 Å². The molecule has 0 aliphatic heterocycles. The average Bonchev–Trinajstić information content (AvgIpc) is 2.58. The van der Waals surface area contributed by atoms with Crippen molar-refractivity contribution in [3.05, 3.63) is 23.8 Å². The minimum Gasteiger partial charge on any atom is -0.497 e. The summed E-state index contributed by atoms with van der Waals surface area (Å²) < 4.78 is 28.6. The summed E-state index contributed by atoms with van der Waals surface area (Å²) in [4.78, 5) is 0.163. The normalized spacial score (nSPS) is 13.0. The molecule has 1 aromatic rings. The van der Waals surface area contributed by atoms with Crippen LogP contribution in [0.2, 0.25) is 0 Å². The lowest BCUT2D eigenvalue weighted by molar-refractivity contribution is 0.413. The summed E-state index contributed by atoms with van der Waals surface area (Å²) in [5.41, 5.74) is 6.88. The zero-order valence-corrected chi connectivity index (χ0v) is 16.5. The van der Waals surface area contributed by atoms with Crippen LogP contribution in [0, 0.1) is 0 Å². The summed E-state index contributed by atoms with van der Waals surface area (Å²) in [6, 6.07) is 4.93. The standard InChI is InChI=1S/C19H34N2O3S/c1-3-4-5-6-7-8-9-10-17(20)12-11-16-15-18(24-2)13-14-19(16)25(21,22)23/h13-15,17H,3-12,20H2,1-2H3,(H2,21,22,23). The molecule has 0 fully saturated rings. The molecule has 6 heteroatoms. The van der Waals surface area contributed by atoms with Gasteiger partial charge < -0.3 is 10.5 Å². The Kier molecular flexibility index (Phi) is 10.1. The zero-order valence-electron chi connectivity index (χ0n) is 15.7. The van der Waals surface area contributed by atoms with Crippen LogP contribution in [0.1, 0.15) is 70.3 Å². The number of methoxy groups -OCH3 is 1. The molecule has 1 unspecified atom stereocenters. The van der Waals surface area contributed by atoms with Crippen molar-refractivity contribution >= 4 is 10.0 Å². The molecule has 0 aliphatic carbocycles. The van der Waals surface area contributed by atoms with E-state index in [9.17, 15) is 8.42 Å². The van der Waals surface area contributed by atoms with E-state index in [1.54, 1.807) is 19.2 Å². The monoisotopic (exact) mass is 370 g/mol. The Balaban J connectivity index is 2.43. The Morgan fingerprint density at radius 2 is 1.68 bits per heavy atom. The molecule has 25 heavy (non-hydrogen) atoms. The molecule has 0 saturated carbocycles. The van der Waals surface area contributed by atoms with Crippen molar-refractivity contribution in [2.45, 2.75) is 82.1 Å². The van der Waals surface area contributed by atoms with Gasteiger partial charge in [0.05, 0.1) is 12.0 Å². The van der Waals surface area contributed by atoms with Crippen LogP contribution in [0.4, 0.5) is 0 Å². The lowest BCUT2D eigenvalue weighted by Crippen LogP contribution is -2.21. The summed E-state index contributed by atoms with van der Waals surface area (Å²) in [5.74, 6) is 0.628. The average molecular weight is 371 g/mol. The Hall–Kier alpha value is -1.11. The smallest absolute Gasteiger partial charge is 0.238 e. The van der Waals surface area contributed by atoms with Crippen molar-refractivity contribution in [1.82, 2.24) is 0 Å². The van der Waals surface area contributed by atoms with Crippen LogP contribution in [0.15, 0.2) is 23.1 Å². The maximum absolute atomic E-state index is 11.7. The van der Waals surface area contributed by atoms with Crippen LogP contribution in [0.3, 0.4) is 0 Å². The van der Waals surface area contributed by atoms with Gasteiger partial charge in [-0.1, -0.05) is 51.9 Å². The molecule has 1 aromatic carbocycles. The molecule has 0 saturated heterocycles. The number of rotatable bonds is 13. The van der Waals surface area contributed by atoms with Crippen molar-refractivity contribution in [2.24, 2.45) is 10.9 Å². The first-order valence-corrected chi connectivity index (χ1v) is 10.9. The summed E-state index contributed by atoms with van der Waals surface area (Å²) in [6.45, 7) is 2.22. The van der Waals surface area contributed by atoms with E-state index in [0.29, 0.717) is 17.7 Å². The molecule has 0 radical (unpaired) electrons. The highest BCUT2D eigenvalue weighted by molar-refractivity contribution is 7.89. The first-order valence-electron chi connectivity index (χ1n) is 9.33. The Bertz CT molecular complexity index is 603. The third kappa shape index (κ3) is 8.70. The van der Waals surface area contributed by atoms with Crippen LogP contribution in [0.5, 0.6) is 5.75 Å². The van der Waals surface area contributed by atoms with Crippen molar-refractivity contribution in [2.75, 3.05) is 7.11 Å². The van der Waals surface area contributed by atoms with E-state index in [-0.39, 0.29) is 10.9 Å². The summed E-state index contributed by atoms with van der Waals surface area (Å²) in [7, 11) is -2.18. The number of hydrogen-bond acceptors (Lipinski definition) is 4. The zero-order chi connectivity index (χ0) is 18.7. The molecule has 0 bridgehead atoms. The summed E-state index contributed by atoms with van der Waals surface area (Å²) in [6.07, 6.45) is 11.2. The van der Waals surface area contributed by atoms with Crippen LogP contribution >= 0.6 is 0 Å². The molecule has 1 rings (SSSR count). The van der Waals surface area contributed by atoms with E-state index in [1.807, 2.05) is 0 Å². The number of unbranched alkanes of at least 4 members (excludes halogenated alkanes) is 6. The molecular formula is C19H34N2O3S. The number of benzene rings is 1. The molecule has 1 atom stereocenters. The van der Waals surface area contributed by atoms with Gasteiger partial charge in [0.25, 0.3) is 0 Å². The minimum atomic E-state index is -3.73. The van der Waals surface area contributed by atoms with Gasteiger partial charge >= 0.3 is 0 Å². The second kappa shape index (κ2) is 11.5. The number of sulfonamides is 1. The molecule has 0 spiro atoms. The number of primary sulfonamides is 1. The largest absolute Gasteiger partial charge is 0.497 e. The quantitative estimate of drug-likeness (QED) is 0.517. The topological polar surface area (TPSA) is 95.4 Å². The lowest BCUT2D eigenvalue weighted by atomic mass is 10.00. The number of ether oxygens (including phenoxy) is 1. The predicted octanol–water partition coefficient (Wildman–Crippen LogP) is 3.74. The SMILES string of the molecule is CCCCCCCCCC(N)CCc1cc(OC)ccc1S(N)(=O)=O. The van der Waals surface area contributed by atoms with E-state index in [0.717, 1.165) is 19.3 Å². The van der Waals surface area contributed by atoms with Gasteiger partial charge in [-0.3, -0.25) is 0 Å². The maximum Gasteiger partial charge on any atom is 0.238 e. The van der Waals surface area contributed by atoms with E-state index < -0.39 is 10.0 Å². The fraction of sp³-hybridized carbons (Fsp3) is 0.684. The van der Waals surface area contributed by atoms with Gasteiger partial charge in [-0.05, 0) is 43.0 Å². The number of nitrogens with two attached hydrogens (primary N) is 2. The minimum absolute atomic E-state index is 0.0789. The highest BCUT2D eigenvalue weighted by atomic mass is 32.2. The van der Waals surface area contributed by atoms with Crippen molar-refractivity contribution in [3.63, 3.8) is 0 Å². The first-order chi connectivity index (χ1) is 11.9. The maximum atomic E-state index is 11.7. The molecule has 0 heterocycles. The summed E-state index contributed by atoms with van der Waals surface area (Å²) >= 11 is 0. The Morgan fingerprint density at radius 3 is 2.28 bits per heavy atom. The van der Waals surface area contributed by atoms with Gasteiger partial charge in [0.1, 0.15) is 5.75 Å². The van der Waals surface area contributed by atoms with Crippen LogP contribution in [0.25, 0.3) is 0 Å². The van der Waals surface area contributed by atoms with E-state index >= 15 is 0 Å². The van der Waals surface area contributed by atoms with Crippen LogP contribution < -0.4 is 15.6 Å². The molecular weight excluding hydrogens is 336 g/mol. The molecule has 144 valence electrons. The Labute approximate surface area is 153 Å². The lowest BCUT2D eigenvalue weighted by Gasteiger charge is -2.14. The Morgan fingerprint density at radius 1 is 1.04 bits per heavy atom. The highest BCUT2D eigenvalue weighted by Gasteiger charge is 2.15. The highest BCUT2D eigenvalue weighted by Crippen LogP contribution is 2.23. The number of aryl methyl sites for hydroxylation is 1. The fourth-order valence-electron chi connectivity index (χ4n) is 3.00. The van der Waals surface area contributed by atoms with Crippen molar-refractivity contribution in [1.29, 1.82) is 0 Å². The molecule has 4 N–H and O–H groups in total. The van der Waals surface area contributed by atoms with Crippen molar-refractivity contribution in [3.8, 4) is 5.75 Å². The molecule has 0 aliphatic rings. The van der Waals surface area contributed by atoms with E-state index in [2.05, 4.69) is 6.92 Å². The van der Waals surface area contributed by atoms with Gasteiger partial charge in [0, 0.05) is 6.04 Å². The van der Waals surface area contributed by atoms with Crippen LogP contribution in [-0.4, -0.2) is 21.6 Å². The second-order valence-electron chi connectivity index (χ2n) is 6.73. The van der Waals surface area contributed by atoms with E-state index in [1.165, 1.54) is 44.6 Å². The first kappa shape index (κ1) is 21.9. The number of hydrogen-bond donors (Lipinski definition) is 2. The molecule has 0 aromatic heterocycles. The van der Waals surface area contributed by atoms with Gasteiger partial charge in [0.2, 0.25) is 10.0 Å². The van der Waals surface area contributed by atoms with Gasteiger partial charge in [0.15, 0.2) is 0 Å². The van der Waals surface area contributed by atoms with E-state index in [4.69, 9.17) is 15.6 Å². The third-order valence-electron chi connectivity index (χ3n) is 4.54. The second-order valence-corrected chi connectivity index (χ2v) is 8.26. The third-order valence-corrected chi connectivity index (χ3v) is 5.55. The van der Waals surface area contributed by atoms with Gasteiger partial charge in [-0.2, -0.15) is 0 Å². The van der Waals surface area contributed by atoms with Gasteiger partial charge in [-0.25, -0.2) is 13.6 Å². The summed E-state index contributed by atoms with van der Waals surface area (Å²) in [5, 5.41) is 5.30. The van der Waals surface area contributed by atoms with Crippen LogP contribution in [-0.2, 0) is 16.4 Å². The molecule has 5 nitrogen and oxygen atoms in total. The predicted molar refractivity (Wildman–Crippen MR) is 103 cm³/mol. The molecule has 0 amide bonds. The van der Waals surface area contributed by atoms with Crippen molar-refractivity contribution < 1.29 is 13.2 Å².